The van der Waals surface area contributed by atoms with E-state index in [1.807, 2.05) is 73.1 Å². The fourth-order valence-corrected chi connectivity index (χ4v) is 2.85. The number of para-hydroxylation sites is 1. The number of nitrogens with zero attached hydrogens (tertiary/aromatic N) is 1. The van der Waals surface area contributed by atoms with Gasteiger partial charge in [0.25, 0.3) is 0 Å². The summed E-state index contributed by atoms with van der Waals surface area (Å²) >= 11 is 0. The van der Waals surface area contributed by atoms with Crippen molar-refractivity contribution in [3.63, 3.8) is 0 Å². The number of methoxy groups -OCH3 is 1. The molecule has 5 heteroatoms. The molecule has 0 bridgehead atoms. The number of benzene rings is 2. The second kappa shape index (κ2) is 7.95. The molecular weight excluding hydrogens is 330 g/mol. The molecule has 136 valence electrons. The molecule has 0 aliphatic rings. The number of carbonyl (C=O) groups is 1. The third kappa shape index (κ3) is 3.99. The Labute approximate surface area is 153 Å². The minimum absolute atomic E-state index is 0.146. The lowest BCUT2D eigenvalue weighted by atomic mass is 10.2. The number of carbonyl (C=O) groups excluding carboxylic acids is 1. The number of esters is 1. The molecule has 3 rings (SSSR count). The highest BCUT2D eigenvalue weighted by Crippen LogP contribution is 2.23. The Morgan fingerprint density at radius 3 is 2.42 bits per heavy atom. The molecule has 1 aromatic heterocycles. The van der Waals surface area contributed by atoms with Crippen molar-refractivity contribution in [2.75, 3.05) is 13.7 Å². The number of aromatic nitrogens is 1. The van der Waals surface area contributed by atoms with Gasteiger partial charge >= 0.3 is 5.97 Å². The minimum atomic E-state index is -0.332. The topological polar surface area (TPSA) is 49.7 Å². The summed E-state index contributed by atoms with van der Waals surface area (Å²) in [5.41, 5.74) is 1.55. The molecule has 0 amide bonds. The first-order valence-corrected chi connectivity index (χ1v) is 8.64. The van der Waals surface area contributed by atoms with E-state index < -0.39 is 0 Å². The summed E-state index contributed by atoms with van der Waals surface area (Å²) in [6, 6.07) is 15.4. The molecule has 0 radical (unpaired) electrons. The predicted octanol–water partition coefficient (Wildman–Crippen LogP) is 4.29. The number of fused-ring (bicyclic) bond motifs is 1. The monoisotopic (exact) mass is 353 g/mol. The molecule has 0 atom stereocenters. The van der Waals surface area contributed by atoms with Crippen molar-refractivity contribution < 1.29 is 19.0 Å². The highest BCUT2D eigenvalue weighted by atomic mass is 16.5. The first-order valence-electron chi connectivity index (χ1n) is 8.64. The minimum Gasteiger partial charge on any atom is -0.492 e. The van der Waals surface area contributed by atoms with E-state index in [9.17, 15) is 4.79 Å². The van der Waals surface area contributed by atoms with Crippen molar-refractivity contribution in [1.82, 2.24) is 4.57 Å². The summed E-state index contributed by atoms with van der Waals surface area (Å²) in [7, 11) is 1.39. The smallest absolute Gasteiger partial charge is 0.340 e. The van der Waals surface area contributed by atoms with Gasteiger partial charge in [-0.2, -0.15) is 0 Å². The van der Waals surface area contributed by atoms with Crippen molar-refractivity contribution in [3.05, 3.63) is 60.3 Å². The molecule has 0 unspecified atom stereocenters. The number of hydrogen-bond donors (Lipinski definition) is 0. The lowest BCUT2D eigenvalue weighted by molar-refractivity contribution is 0.0602. The first kappa shape index (κ1) is 17.9. The Balaban J connectivity index is 1.67. The van der Waals surface area contributed by atoms with Crippen LogP contribution in [-0.4, -0.2) is 30.4 Å². The zero-order valence-electron chi connectivity index (χ0n) is 15.3. The first-order chi connectivity index (χ1) is 12.6. The van der Waals surface area contributed by atoms with Crippen molar-refractivity contribution in [3.8, 4) is 11.5 Å². The SMILES string of the molecule is COC(=O)c1cn(CCOc2ccc(OC(C)C)cc2)c2ccccc12. The summed E-state index contributed by atoms with van der Waals surface area (Å²) in [6.45, 7) is 5.11. The zero-order chi connectivity index (χ0) is 18.5. The average Bonchev–Trinajstić information content (AvgIpc) is 3.01. The third-order valence-electron chi connectivity index (χ3n) is 3.99. The van der Waals surface area contributed by atoms with E-state index in [0.717, 1.165) is 22.4 Å². The van der Waals surface area contributed by atoms with E-state index >= 15 is 0 Å². The van der Waals surface area contributed by atoms with Gasteiger partial charge in [-0.3, -0.25) is 0 Å². The van der Waals surface area contributed by atoms with Gasteiger partial charge < -0.3 is 18.8 Å². The van der Waals surface area contributed by atoms with E-state index in [1.54, 1.807) is 0 Å². The molecule has 0 aliphatic carbocycles. The summed E-state index contributed by atoms with van der Waals surface area (Å²) in [4.78, 5) is 12.0. The molecule has 0 N–H and O–H groups in total. The van der Waals surface area contributed by atoms with Crippen LogP contribution in [0.5, 0.6) is 11.5 Å². The van der Waals surface area contributed by atoms with Gasteiger partial charge in [-0.05, 0) is 44.2 Å². The molecule has 1 heterocycles. The standard InChI is InChI=1S/C21H23NO4/c1-15(2)26-17-10-8-16(9-11-17)25-13-12-22-14-19(21(23)24-3)18-6-4-5-7-20(18)22/h4-11,14-15H,12-13H2,1-3H3. The van der Waals surface area contributed by atoms with Crippen molar-refractivity contribution in [1.29, 1.82) is 0 Å². The van der Waals surface area contributed by atoms with E-state index in [0.29, 0.717) is 18.7 Å². The molecule has 5 nitrogen and oxygen atoms in total. The van der Waals surface area contributed by atoms with E-state index in [1.165, 1.54) is 7.11 Å². The molecular formula is C21H23NO4. The highest BCUT2D eigenvalue weighted by molar-refractivity contribution is 6.04. The summed E-state index contributed by atoms with van der Waals surface area (Å²) in [5.74, 6) is 1.28. The van der Waals surface area contributed by atoms with Gasteiger partial charge in [0.1, 0.15) is 18.1 Å². The number of ether oxygens (including phenoxy) is 3. The van der Waals surface area contributed by atoms with Gasteiger partial charge in [0, 0.05) is 17.1 Å². The molecule has 0 spiro atoms. The van der Waals surface area contributed by atoms with Crippen molar-refractivity contribution >= 4 is 16.9 Å². The van der Waals surface area contributed by atoms with Crippen molar-refractivity contribution in [2.24, 2.45) is 0 Å². The second-order valence-corrected chi connectivity index (χ2v) is 6.23. The quantitative estimate of drug-likeness (QED) is 0.595. The number of hydrogen-bond acceptors (Lipinski definition) is 4. The largest absolute Gasteiger partial charge is 0.492 e. The van der Waals surface area contributed by atoms with Crippen LogP contribution in [0.1, 0.15) is 24.2 Å². The molecule has 0 fully saturated rings. The van der Waals surface area contributed by atoms with Crippen molar-refractivity contribution in [2.45, 2.75) is 26.5 Å². The van der Waals surface area contributed by atoms with Crippen LogP contribution in [0.15, 0.2) is 54.7 Å². The molecule has 0 saturated heterocycles. The molecule has 0 saturated carbocycles. The normalized spacial score (nSPS) is 10.9. The van der Waals surface area contributed by atoms with Crippen LogP contribution in [0.2, 0.25) is 0 Å². The Morgan fingerprint density at radius 1 is 1.04 bits per heavy atom. The van der Waals surface area contributed by atoms with Crippen LogP contribution in [0.25, 0.3) is 10.9 Å². The summed E-state index contributed by atoms with van der Waals surface area (Å²) in [6.07, 6.45) is 1.96. The van der Waals surface area contributed by atoms with Crippen LogP contribution >= 0.6 is 0 Å². The van der Waals surface area contributed by atoms with E-state index in [4.69, 9.17) is 14.2 Å². The predicted molar refractivity (Wildman–Crippen MR) is 101 cm³/mol. The summed E-state index contributed by atoms with van der Waals surface area (Å²) in [5, 5.41) is 0.884. The zero-order valence-corrected chi connectivity index (χ0v) is 15.3. The van der Waals surface area contributed by atoms with Gasteiger partial charge in [0.05, 0.1) is 25.3 Å². The Bertz CT molecular complexity index is 881. The fourth-order valence-electron chi connectivity index (χ4n) is 2.85. The third-order valence-corrected chi connectivity index (χ3v) is 3.99. The lowest BCUT2D eigenvalue weighted by Crippen LogP contribution is -2.08. The van der Waals surface area contributed by atoms with Gasteiger partial charge in [-0.1, -0.05) is 18.2 Å². The molecule has 0 aliphatic heterocycles. The Morgan fingerprint density at radius 2 is 1.73 bits per heavy atom. The van der Waals surface area contributed by atoms with Crippen LogP contribution in [-0.2, 0) is 11.3 Å². The maximum Gasteiger partial charge on any atom is 0.340 e. The average molecular weight is 353 g/mol. The van der Waals surface area contributed by atoms with E-state index in [2.05, 4.69) is 0 Å². The Kier molecular flexibility index (Phi) is 5.46. The van der Waals surface area contributed by atoms with Gasteiger partial charge in [-0.15, -0.1) is 0 Å². The Hall–Kier alpha value is -2.95. The van der Waals surface area contributed by atoms with Gasteiger partial charge in [0.2, 0.25) is 0 Å². The molecule has 3 aromatic rings. The fraction of sp³-hybridized carbons (Fsp3) is 0.286. The van der Waals surface area contributed by atoms with Crippen LogP contribution in [0.4, 0.5) is 0 Å². The second-order valence-electron chi connectivity index (χ2n) is 6.23. The molecule has 2 aromatic carbocycles. The maximum absolute atomic E-state index is 12.0. The van der Waals surface area contributed by atoms with Crippen LogP contribution < -0.4 is 9.47 Å². The van der Waals surface area contributed by atoms with Crippen LogP contribution in [0.3, 0.4) is 0 Å². The summed E-state index contributed by atoms with van der Waals surface area (Å²) < 4.78 is 18.3. The number of rotatable bonds is 7. The van der Waals surface area contributed by atoms with Crippen LogP contribution in [0, 0.1) is 0 Å². The molecule has 26 heavy (non-hydrogen) atoms. The highest BCUT2D eigenvalue weighted by Gasteiger charge is 2.14. The van der Waals surface area contributed by atoms with Gasteiger partial charge in [-0.25, -0.2) is 4.79 Å². The maximum atomic E-state index is 12.0. The van der Waals surface area contributed by atoms with E-state index in [-0.39, 0.29) is 12.1 Å². The van der Waals surface area contributed by atoms with Gasteiger partial charge in [0.15, 0.2) is 0 Å². The lowest BCUT2D eigenvalue weighted by Gasteiger charge is -2.11.